The summed E-state index contributed by atoms with van der Waals surface area (Å²) in [6.45, 7) is -0.0744. The second-order valence-electron chi connectivity index (χ2n) is 3.10. The zero-order chi connectivity index (χ0) is 11.3. The minimum Gasteiger partial charge on any atom is -0.392 e. The van der Waals surface area contributed by atoms with Gasteiger partial charge in [-0.2, -0.15) is 0 Å². The van der Waals surface area contributed by atoms with Crippen molar-refractivity contribution < 1.29 is 13.5 Å². The standard InChI is InChI=1S/C9H13NO3S2/c1-15(12,13)6-5-14-9-8(7-11)3-2-4-10-9/h2-4,11H,5-7H2,1H3. The molecule has 6 heteroatoms. The number of aliphatic hydroxyl groups is 1. The molecule has 0 amide bonds. The first kappa shape index (κ1) is 12.5. The van der Waals surface area contributed by atoms with Crippen LogP contribution in [0, 0.1) is 0 Å². The van der Waals surface area contributed by atoms with Gasteiger partial charge < -0.3 is 5.11 Å². The molecule has 1 aromatic rings. The molecule has 1 aromatic heterocycles. The summed E-state index contributed by atoms with van der Waals surface area (Å²) in [6, 6.07) is 3.52. The van der Waals surface area contributed by atoms with E-state index in [1.54, 1.807) is 18.3 Å². The van der Waals surface area contributed by atoms with Crippen LogP contribution in [0.3, 0.4) is 0 Å². The molecule has 0 aliphatic carbocycles. The Morgan fingerprint density at radius 3 is 2.87 bits per heavy atom. The number of thioether (sulfide) groups is 1. The van der Waals surface area contributed by atoms with Crippen LogP contribution in [-0.2, 0) is 16.4 Å². The van der Waals surface area contributed by atoms with E-state index in [1.165, 1.54) is 18.0 Å². The van der Waals surface area contributed by atoms with Gasteiger partial charge >= 0.3 is 0 Å². The fourth-order valence-electron chi connectivity index (χ4n) is 0.964. The minimum absolute atomic E-state index is 0.0744. The Kier molecular flexibility index (Phi) is 4.56. The summed E-state index contributed by atoms with van der Waals surface area (Å²) in [7, 11) is -2.92. The van der Waals surface area contributed by atoms with E-state index in [1.807, 2.05) is 0 Å². The molecule has 84 valence electrons. The zero-order valence-electron chi connectivity index (χ0n) is 8.38. The number of rotatable bonds is 5. The van der Waals surface area contributed by atoms with Crippen molar-refractivity contribution in [3.63, 3.8) is 0 Å². The first-order valence-electron chi connectivity index (χ1n) is 4.38. The van der Waals surface area contributed by atoms with E-state index < -0.39 is 9.84 Å². The molecule has 4 nitrogen and oxygen atoms in total. The number of aliphatic hydroxyl groups excluding tert-OH is 1. The normalized spacial score (nSPS) is 11.6. The number of pyridine rings is 1. The number of sulfone groups is 1. The molecule has 0 atom stereocenters. The summed E-state index contributed by atoms with van der Waals surface area (Å²) in [6.07, 6.45) is 2.83. The van der Waals surface area contributed by atoms with E-state index in [-0.39, 0.29) is 12.4 Å². The molecule has 0 saturated carbocycles. The first-order chi connectivity index (χ1) is 7.03. The Morgan fingerprint density at radius 2 is 2.27 bits per heavy atom. The monoisotopic (exact) mass is 247 g/mol. The van der Waals surface area contributed by atoms with Crippen molar-refractivity contribution in [2.75, 3.05) is 17.8 Å². The lowest BCUT2D eigenvalue weighted by Gasteiger charge is -2.04. The Balaban J connectivity index is 2.58. The number of hydrogen-bond acceptors (Lipinski definition) is 5. The maximum absolute atomic E-state index is 10.9. The highest BCUT2D eigenvalue weighted by Gasteiger charge is 2.06. The van der Waals surface area contributed by atoms with Crippen molar-refractivity contribution >= 4 is 21.6 Å². The number of nitrogens with zero attached hydrogens (tertiary/aromatic N) is 1. The maximum Gasteiger partial charge on any atom is 0.148 e. The Labute approximate surface area is 93.7 Å². The van der Waals surface area contributed by atoms with Crippen molar-refractivity contribution in [3.05, 3.63) is 23.9 Å². The molecule has 1 N–H and O–H groups in total. The van der Waals surface area contributed by atoms with Crippen LogP contribution in [0.25, 0.3) is 0 Å². The van der Waals surface area contributed by atoms with E-state index in [0.29, 0.717) is 10.8 Å². The van der Waals surface area contributed by atoms with Crippen LogP contribution in [0.15, 0.2) is 23.4 Å². The van der Waals surface area contributed by atoms with Crippen LogP contribution >= 0.6 is 11.8 Å². The van der Waals surface area contributed by atoms with E-state index >= 15 is 0 Å². The lowest BCUT2D eigenvalue weighted by molar-refractivity contribution is 0.278. The maximum atomic E-state index is 10.9. The fraction of sp³-hybridized carbons (Fsp3) is 0.444. The van der Waals surface area contributed by atoms with Gasteiger partial charge in [0.1, 0.15) is 14.9 Å². The second kappa shape index (κ2) is 5.48. The zero-order valence-corrected chi connectivity index (χ0v) is 10.0. The average molecular weight is 247 g/mol. The Hall–Kier alpha value is -0.590. The molecular formula is C9H13NO3S2. The lowest BCUT2D eigenvalue weighted by Crippen LogP contribution is -2.05. The summed E-state index contributed by atoms with van der Waals surface area (Å²) in [4.78, 5) is 4.08. The molecule has 0 aromatic carbocycles. The smallest absolute Gasteiger partial charge is 0.148 e. The lowest BCUT2D eigenvalue weighted by atomic mass is 10.3. The van der Waals surface area contributed by atoms with Gasteiger partial charge in [0, 0.05) is 23.8 Å². The van der Waals surface area contributed by atoms with Gasteiger partial charge in [0.15, 0.2) is 0 Å². The van der Waals surface area contributed by atoms with Gasteiger partial charge in [0.2, 0.25) is 0 Å². The van der Waals surface area contributed by atoms with Gasteiger partial charge in [0.25, 0.3) is 0 Å². The molecular weight excluding hydrogens is 234 g/mol. The molecule has 0 fully saturated rings. The molecule has 0 aliphatic rings. The topological polar surface area (TPSA) is 67.3 Å². The van der Waals surface area contributed by atoms with Gasteiger partial charge in [-0.3, -0.25) is 0 Å². The van der Waals surface area contributed by atoms with Gasteiger partial charge in [-0.15, -0.1) is 11.8 Å². The van der Waals surface area contributed by atoms with E-state index in [4.69, 9.17) is 5.11 Å². The largest absolute Gasteiger partial charge is 0.392 e. The molecule has 0 saturated heterocycles. The van der Waals surface area contributed by atoms with E-state index in [2.05, 4.69) is 4.98 Å². The highest BCUT2D eigenvalue weighted by atomic mass is 32.2. The highest BCUT2D eigenvalue weighted by molar-refractivity contribution is 8.00. The summed E-state index contributed by atoms with van der Waals surface area (Å²) >= 11 is 1.35. The van der Waals surface area contributed by atoms with E-state index in [9.17, 15) is 8.42 Å². The third-order valence-electron chi connectivity index (χ3n) is 1.71. The average Bonchev–Trinajstić information content (AvgIpc) is 2.16. The third-order valence-corrected chi connectivity index (χ3v) is 3.97. The molecule has 0 spiro atoms. The van der Waals surface area contributed by atoms with Crippen LogP contribution in [0.1, 0.15) is 5.56 Å². The van der Waals surface area contributed by atoms with Gasteiger partial charge in [-0.05, 0) is 6.07 Å². The summed E-state index contributed by atoms with van der Waals surface area (Å²) in [5.41, 5.74) is 0.732. The number of aromatic nitrogens is 1. The predicted octanol–water partition coefficient (Wildman–Crippen LogP) is 0.711. The fourth-order valence-corrected chi connectivity index (χ4v) is 3.16. The van der Waals surface area contributed by atoms with Crippen LogP contribution in [0.5, 0.6) is 0 Å². The van der Waals surface area contributed by atoms with Crippen molar-refractivity contribution in [2.45, 2.75) is 11.6 Å². The van der Waals surface area contributed by atoms with E-state index in [0.717, 1.165) is 5.56 Å². The number of hydrogen-bond donors (Lipinski definition) is 1. The quantitative estimate of drug-likeness (QED) is 0.776. The third kappa shape index (κ3) is 4.63. The molecule has 0 bridgehead atoms. The summed E-state index contributed by atoms with van der Waals surface area (Å²) in [5.74, 6) is 0.585. The second-order valence-corrected chi connectivity index (χ2v) is 6.45. The molecule has 1 rings (SSSR count). The SMILES string of the molecule is CS(=O)(=O)CCSc1ncccc1CO. The van der Waals surface area contributed by atoms with Crippen molar-refractivity contribution in [1.82, 2.24) is 4.98 Å². The van der Waals surface area contributed by atoms with Crippen LogP contribution in [0.4, 0.5) is 0 Å². The van der Waals surface area contributed by atoms with Crippen molar-refractivity contribution in [3.8, 4) is 0 Å². The van der Waals surface area contributed by atoms with Crippen LogP contribution < -0.4 is 0 Å². The molecule has 15 heavy (non-hydrogen) atoms. The minimum atomic E-state index is -2.92. The van der Waals surface area contributed by atoms with Crippen molar-refractivity contribution in [1.29, 1.82) is 0 Å². The molecule has 0 radical (unpaired) electrons. The van der Waals surface area contributed by atoms with Gasteiger partial charge in [-0.25, -0.2) is 13.4 Å². The van der Waals surface area contributed by atoms with Crippen LogP contribution in [-0.4, -0.2) is 36.3 Å². The Morgan fingerprint density at radius 1 is 1.53 bits per heavy atom. The van der Waals surface area contributed by atoms with Crippen molar-refractivity contribution in [2.24, 2.45) is 0 Å². The molecule has 0 unspecified atom stereocenters. The molecule has 1 heterocycles. The van der Waals surface area contributed by atoms with Crippen LogP contribution in [0.2, 0.25) is 0 Å². The highest BCUT2D eigenvalue weighted by Crippen LogP contribution is 2.19. The summed E-state index contributed by atoms with van der Waals surface area (Å²) in [5, 5.41) is 9.70. The van der Waals surface area contributed by atoms with Gasteiger partial charge in [-0.1, -0.05) is 6.07 Å². The van der Waals surface area contributed by atoms with Gasteiger partial charge in [0.05, 0.1) is 12.4 Å². The predicted molar refractivity (Wildman–Crippen MR) is 60.6 cm³/mol. The Bertz CT molecular complexity index is 417. The summed E-state index contributed by atoms with van der Waals surface area (Å²) < 4.78 is 21.8. The first-order valence-corrected chi connectivity index (χ1v) is 7.43. The molecule has 0 aliphatic heterocycles.